The van der Waals surface area contributed by atoms with Crippen molar-refractivity contribution < 1.29 is 18.0 Å². The Bertz CT molecular complexity index is 1200. The number of carbonyl (C=O) groups is 1. The number of fused-ring (bicyclic) bond motifs is 2. The Balaban J connectivity index is 1.70. The lowest BCUT2D eigenvalue weighted by atomic mass is 10.2. The van der Waals surface area contributed by atoms with Gasteiger partial charge in [0.1, 0.15) is 16.9 Å². The molecule has 124 valence electrons. The molecule has 0 unspecified atom stereocenters. The predicted molar refractivity (Wildman–Crippen MR) is 90.0 cm³/mol. The van der Waals surface area contributed by atoms with E-state index in [0.29, 0.717) is 5.39 Å². The fraction of sp³-hybridized carbons (Fsp3) is 0. The zero-order chi connectivity index (χ0) is 17.6. The second kappa shape index (κ2) is 5.75. The van der Waals surface area contributed by atoms with Crippen LogP contribution >= 0.6 is 11.3 Å². The number of thiazole rings is 1. The number of para-hydroxylation sites is 1. The van der Waals surface area contributed by atoms with Crippen LogP contribution in [0.5, 0.6) is 0 Å². The van der Waals surface area contributed by atoms with E-state index in [1.807, 2.05) is 0 Å². The van der Waals surface area contributed by atoms with Gasteiger partial charge in [0.05, 0.1) is 10.1 Å². The number of halogens is 2. The van der Waals surface area contributed by atoms with E-state index in [0.717, 1.165) is 29.5 Å². The first-order valence-corrected chi connectivity index (χ1v) is 7.93. The quantitative estimate of drug-likeness (QED) is 0.589. The highest BCUT2D eigenvalue weighted by atomic mass is 32.1. The summed E-state index contributed by atoms with van der Waals surface area (Å²) in [6.45, 7) is 0. The van der Waals surface area contributed by atoms with Gasteiger partial charge in [0, 0.05) is 12.1 Å². The Morgan fingerprint density at radius 2 is 1.96 bits per heavy atom. The minimum Gasteiger partial charge on any atom is -0.451 e. The molecule has 0 atom stereocenters. The Labute approximate surface area is 142 Å². The van der Waals surface area contributed by atoms with Crippen LogP contribution in [0, 0.1) is 11.6 Å². The number of rotatable bonds is 2. The van der Waals surface area contributed by atoms with Crippen LogP contribution in [0.1, 0.15) is 10.6 Å². The molecule has 1 N–H and O–H groups in total. The molecule has 0 fully saturated rings. The zero-order valence-corrected chi connectivity index (χ0v) is 13.2. The Kier molecular flexibility index (Phi) is 3.54. The molecule has 2 aromatic heterocycles. The molecular weight excluding hydrogens is 350 g/mol. The van der Waals surface area contributed by atoms with Gasteiger partial charge < -0.3 is 4.42 Å². The summed E-state index contributed by atoms with van der Waals surface area (Å²) in [4.78, 5) is 28.3. The molecule has 0 aliphatic heterocycles. The molecule has 25 heavy (non-hydrogen) atoms. The van der Waals surface area contributed by atoms with Gasteiger partial charge in [-0.2, -0.15) is 0 Å². The number of nitrogens with one attached hydrogen (secondary N) is 1. The molecule has 2 heterocycles. The minimum absolute atomic E-state index is 0.0401. The Morgan fingerprint density at radius 1 is 1.16 bits per heavy atom. The van der Waals surface area contributed by atoms with E-state index >= 15 is 0 Å². The van der Waals surface area contributed by atoms with Crippen molar-refractivity contribution in [3.05, 3.63) is 70.1 Å². The number of amides is 1. The third-order valence-corrected chi connectivity index (χ3v) is 4.41. The summed E-state index contributed by atoms with van der Waals surface area (Å²) in [6, 6.07) is 9.45. The lowest BCUT2D eigenvalue weighted by Crippen LogP contribution is -2.14. The smallest absolute Gasteiger partial charge is 0.293 e. The van der Waals surface area contributed by atoms with Crippen LogP contribution in [0.3, 0.4) is 0 Å². The molecule has 0 saturated carbocycles. The summed E-state index contributed by atoms with van der Waals surface area (Å²) >= 11 is 0.914. The van der Waals surface area contributed by atoms with Crippen LogP contribution in [0.25, 0.3) is 21.2 Å². The average molecular weight is 358 g/mol. The van der Waals surface area contributed by atoms with E-state index in [-0.39, 0.29) is 32.1 Å². The molecule has 5 nitrogen and oxygen atoms in total. The van der Waals surface area contributed by atoms with Gasteiger partial charge in [-0.1, -0.05) is 23.5 Å². The molecule has 4 aromatic rings. The van der Waals surface area contributed by atoms with Crippen molar-refractivity contribution in [3.8, 4) is 0 Å². The predicted octanol–water partition coefficient (Wildman–Crippen LogP) is 3.93. The Morgan fingerprint density at radius 3 is 2.80 bits per heavy atom. The average Bonchev–Trinajstić information content (AvgIpc) is 2.97. The standard InChI is InChI=1S/C17H8F2N2O3S/c18-8-5-10(19)15-14(6-8)25-17(20-15)21-16(23)13-7-11(22)9-3-1-2-4-12(9)24-13/h1-7H,(H,20,21,23). The zero-order valence-electron chi connectivity index (χ0n) is 12.4. The molecule has 4 rings (SSSR count). The van der Waals surface area contributed by atoms with Gasteiger partial charge in [-0.05, 0) is 18.2 Å². The molecule has 1 amide bonds. The number of anilines is 1. The largest absolute Gasteiger partial charge is 0.451 e. The van der Waals surface area contributed by atoms with Crippen LogP contribution in [0.2, 0.25) is 0 Å². The monoisotopic (exact) mass is 358 g/mol. The van der Waals surface area contributed by atoms with Crippen LogP contribution < -0.4 is 10.7 Å². The minimum atomic E-state index is -0.816. The number of hydrogen-bond donors (Lipinski definition) is 1. The number of aromatic nitrogens is 1. The lowest BCUT2D eigenvalue weighted by molar-refractivity contribution is 0.0997. The first-order chi connectivity index (χ1) is 12.0. The molecular formula is C17H8F2N2O3S. The van der Waals surface area contributed by atoms with E-state index < -0.39 is 17.5 Å². The third kappa shape index (κ3) is 2.76. The van der Waals surface area contributed by atoms with Gasteiger partial charge in [0.25, 0.3) is 5.91 Å². The van der Waals surface area contributed by atoms with Crippen molar-refractivity contribution in [1.82, 2.24) is 4.98 Å². The van der Waals surface area contributed by atoms with Gasteiger partial charge in [-0.25, -0.2) is 13.8 Å². The van der Waals surface area contributed by atoms with Crippen molar-refractivity contribution in [2.24, 2.45) is 0 Å². The second-order valence-corrected chi connectivity index (χ2v) is 6.21. The first-order valence-electron chi connectivity index (χ1n) is 7.11. The summed E-state index contributed by atoms with van der Waals surface area (Å²) in [6.07, 6.45) is 0. The van der Waals surface area contributed by atoms with Crippen LogP contribution in [0.4, 0.5) is 13.9 Å². The van der Waals surface area contributed by atoms with E-state index in [1.54, 1.807) is 24.3 Å². The van der Waals surface area contributed by atoms with Gasteiger partial charge in [-0.3, -0.25) is 14.9 Å². The van der Waals surface area contributed by atoms with Gasteiger partial charge in [-0.15, -0.1) is 0 Å². The van der Waals surface area contributed by atoms with E-state index in [9.17, 15) is 18.4 Å². The molecule has 2 aromatic carbocycles. The summed E-state index contributed by atoms with van der Waals surface area (Å²) in [5.41, 5.74) is -0.122. The number of hydrogen-bond acceptors (Lipinski definition) is 5. The number of benzene rings is 2. The molecule has 0 spiro atoms. The van der Waals surface area contributed by atoms with E-state index in [4.69, 9.17) is 4.42 Å². The second-order valence-electron chi connectivity index (χ2n) is 5.18. The fourth-order valence-corrected chi connectivity index (χ4v) is 3.29. The summed E-state index contributed by atoms with van der Waals surface area (Å²) < 4.78 is 32.6. The van der Waals surface area contributed by atoms with Crippen molar-refractivity contribution in [3.63, 3.8) is 0 Å². The van der Waals surface area contributed by atoms with Crippen LogP contribution in [0.15, 0.2) is 51.7 Å². The SMILES string of the molecule is O=C(Nc1nc2c(F)cc(F)cc2s1)c1cc(=O)c2ccccc2o1. The lowest BCUT2D eigenvalue weighted by Gasteiger charge is -2.02. The topological polar surface area (TPSA) is 72.2 Å². The van der Waals surface area contributed by atoms with Crippen molar-refractivity contribution >= 4 is 43.6 Å². The first kappa shape index (κ1) is 15.4. The summed E-state index contributed by atoms with van der Waals surface area (Å²) in [7, 11) is 0. The van der Waals surface area contributed by atoms with E-state index in [1.165, 1.54) is 0 Å². The molecule has 8 heteroatoms. The van der Waals surface area contributed by atoms with Crippen LogP contribution in [-0.4, -0.2) is 10.9 Å². The van der Waals surface area contributed by atoms with Crippen molar-refractivity contribution in [1.29, 1.82) is 0 Å². The highest BCUT2D eigenvalue weighted by Crippen LogP contribution is 2.29. The fourth-order valence-electron chi connectivity index (χ4n) is 2.39. The van der Waals surface area contributed by atoms with E-state index in [2.05, 4.69) is 10.3 Å². The third-order valence-electron chi connectivity index (χ3n) is 3.49. The molecule has 0 radical (unpaired) electrons. The maximum Gasteiger partial charge on any atom is 0.293 e. The molecule has 0 aliphatic carbocycles. The number of nitrogens with zero attached hydrogens (tertiary/aromatic N) is 1. The highest BCUT2D eigenvalue weighted by molar-refractivity contribution is 7.22. The number of carbonyl (C=O) groups excluding carboxylic acids is 1. The molecule has 0 aliphatic rings. The normalized spacial score (nSPS) is 11.1. The maximum atomic E-state index is 13.7. The van der Waals surface area contributed by atoms with Gasteiger partial charge in [0.15, 0.2) is 22.1 Å². The highest BCUT2D eigenvalue weighted by Gasteiger charge is 2.16. The van der Waals surface area contributed by atoms with Gasteiger partial charge >= 0.3 is 0 Å². The van der Waals surface area contributed by atoms with Crippen molar-refractivity contribution in [2.45, 2.75) is 0 Å². The molecule has 0 bridgehead atoms. The van der Waals surface area contributed by atoms with Gasteiger partial charge in [0.2, 0.25) is 0 Å². The summed E-state index contributed by atoms with van der Waals surface area (Å²) in [5.74, 6) is -2.45. The van der Waals surface area contributed by atoms with Crippen molar-refractivity contribution in [2.75, 3.05) is 5.32 Å². The van der Waals surface area contributed by atoms with Crippen LogP contribution in [-0.2, 0) is 0 Å². The Hall–Kier alpha value is -3.13. The maximum absolute atomic E-state index is 13.7. The summed E-state index contributed by atoms with van der Waals surface area (Å²) in [5, 5.41) is 2.86. The molecule has 0 saturated heterocycles.